The average Bonchev–Trinajstić information content (AvgIpc) is 2.34. The Morgan fingerprint density at radius 3 is 2.18 bits per heavy atom. The van der Waals surface area contributed by atoms with Crippen LogP contribution in [-0.4, -0.2) is 57.6 Å². The Kier molecular flexibility index (Phi) is 5.82. The maximum Gasteiger partial charge on any atom is 0.111 e. The first-order valence-electron chi connectivity index (χ1n) is 6.31. The molecule has 1 fully saturated rings. The lowest BCUT2D eigenvalue weighted by Gasteiger charge is -2.40. The first-order chi connectivity index (χ1) is 8.01. The summed E-state index contributed by atoms with van der Waals surface area (Å²) in [6.07, 6.45) is -2.32. The van der Waals surface area contributed by atoms with Gasteiger partial charge in [0.05, 0.1) is 12.7 Å². The second-order valence-corrected chi connectivity index (χ2v) is 4.96. The fourth-order valence-corrected chi connectivity index (χ4v) is 2.07. The third-order valence-electron chi connectivity index (χ3n) is 3.63. The summed E-state index contributed by atoms with van der Waals surface area (Å²) in [6.45, 7) is 3.85. The predicted molar refractivity (Wildman–Crippen MR) is 62.5 cm³/mol. The topological polar surface area (TPSA) is 90.2 Å². The summed E-state index contributed by atoms with van der Waals surface area (Å²) < 4.78 is 5.42. The molecular formula is C12H24O5. The van der Waals surface area contributed by atoms with Crippen LogP contribution in [0.15, 0.2) is 0 Å². The second-order valence-electron chi connectivity index (χ2n) is 4.96. The van der Waals surface area contributed by atoms with E-state index in [2.05, 4.69) is 13.8 Å². The highest BCUT2D eigenvalue weighted by Gasteiger charge is 2.42. The van der Waals surface area contributed by atoms with Crippen molar-refractivity contribution in [1.29, 1.82) is 0 Å². The van der Waals surface area contributed by atoms with Crippen LogP contribution in [0.1, 0.15) is 33.1 Å². The van der Waals surface area contributed by atoms with Crippen LogP contribution >= 0.6 is 0 Å². The van der Waals surface area contributed by atoms with E-state index >= 15 is 0 Å². The second kappa shape index (κ2) is 6.66. The van der Waals surface area contributed by atoms with Gasteiger partial charge in [-0.15, -0.1) is 0 Å². The molecule has 0 aromatic carbocycles. The van der Waals surface area contributed by atoms with Crippen molar-refractivity contribution in [2.75, 3.05) is 6.61 Å². The SMILES string of the molecule is CCC(C)CC[C@H]1O[C@H](CO)[C@H](O)[C@H](O)[C@H]1O. The Labute approximate surface area is 102 Å². The fraction of sp³-hybridized carbons (Fsp3) is 1.00. The first kappa shape index (κ1) is 14.9. The molecule has 17 heavy (non-hydrogen) atoms. The van der Waals surface area contributed by atoms with Crippen molar-refractivity contribution in [2.24, 2.45) is 5.92 Å². The number of aliphatic hydroxyl groups excluding tert-OH is 4. The summed E-state index contributed by atoms with van der Waals surface area (Å²) >= 11 is 0. The lowest BCUT2D eigenvalue weighted by molar-refractivity contribution is -0.230. The van der Waals surface area contributed by atoms with Gasteiger partial charge in [0.1, 0.15) is 24.4 Å². The maximum atomic E-state index is 9.79. The average molecular weight is 248 g/mol. The molecule has 0 spiro atoms. The first-order valence-corrected chi connectivity index (χ1v) is 6.31. The van der Waals surface area contributed by atoms with Crippen LogP contribution in [0.3, 0.4) is 0 Å². The number of hydrogen-bond acceptors (Lipinski definition) is 5. The number of hydrogen-bond donors (Lipinski definition) is 4. The van der Waals surface area contributed by atoms with Crippen LogP contribution in [0.4, 0.5) is 0 Å². The molecule has 1 saturated heterocycles. The van der Waals surface area contributed by atoms with E-state index < -0.39 is 30.5 Å². The monoisotopic (exact) mass is 248 g/mol. The minimum Gasteiger partial charge on any atom is -0.394 e. The van der Waals surface area contributed by atoms with Gasteiger partial charge in [-0.1, -0.05) is 20.3 Å². The van der Waals surface area contributed by atoms with Crippen molar-refractivity contribution in [3.8, 4) is 0 Å². The molecule has 1 heterocycles. The normalized spacial score (nSPS) is 40.2. The van der Waals surface area contributed by atoms with Gasteiger partial charge in [0.15, 0.2) is 0 Å². The van der Waals surface area contributed by atoms with Gasteiger partial charge in [0, 0.05) is 0 Å². The summed E-state index contributed by atoms with van der Waals surface area (Å²) in [4.78, 5) is 0. The minimum atomic E-state index is -1.25. The predicted octanol–water partition coefficient (Wildman–Crippen LogP) is -0.345. The third kappa shape index (κ3) is 3.63. The van der Waals surface area contributed by atoms with E-state index in [0.29, 0.717) is 12.3 Å². The van der Waals surface area contributed by atoms with Crippen LogP contribution in [0.5, 0.6) is 0 Å². The highest BCUT2D eigenvalue weighted by atomic mass is 16.5. The molecule has 5 heteroatoms. The van der Waals surface area contributed by atoms with Crippen LogP contribution in [0.25, 0.3) is 0 Å². The molecule has 102 valence electrons. The molecular weight excluding hydrogens is 224 g/mol. The largest absolute Gasteiger partial charge is 0.394 e. The zero-order valence-corrected chi connectivity index (χ0v) is 10.5. The lowest BCUT2D eigenvalue weighted by Crippen LogP contribution is -2.58. The zero-order valence-electron chi connectivity index (χ0n) is 10.5. The Hall–Kier alpha value is -0.200. The van der Waals surface area contributed by atoms with Crippen LogP contribution < -0.4 is 0 Å². The van der Waals surface area contributed by atoms with Crippen molar-refractivity contribution in [3.05, 3.63) is 0 Å². The molecule has 1 rings (SSSR count). The number of aliphatic hydroxyl groups is 4. The van der Waals surface area contributed by atoms with Gasteiger partial charge >= 0.3 is 0 Å². The molecule has 0 saturated carbocycles. The van der Waals surface area contributed by atoms with Crippen molar-refractivity contribution in [1.82, 2.24) is 0 Å². The molecule has 4 N–H and O–H groups in total. The van der Waals surface area contributed by atoms with Gasteiger partial charge in [0.25, 0.3) is 0 Å². The molecule has 0 aromatic heterocycles. The Balaban J connectivity index is 2.53. The molecule has 6 atom stereocenters. The molecule has 1 aliphatic heterocycles. The number of rotatable bonds is 5. The van der Waals surface area contributed by atoms with Crippen LogP contribution in [0, 0.1) is 5.92 Å². The van der Waals surface area contributed by atoms with Crippen molar-refractivity contribution < 1.29 is 25.2 Å². The van der Waals surface area contributed by atoms with E-state index in [1.807, 2.05) is 0 Å². The van der Waals surface area contributed by atoms with Crippen LogP contribution in [0.2, 0.25) is 0 Å². The van der Waals surface area contributed by atoms with Gasteiger partial charge in [-0.05, 0) is 18.8 Å². The Morgan fingerprint density at radius 2 is 1.65 bits per heavy atom. The molecule has 0 bridgehead atoms. The Bertz CT molecular complexity index is 221. The minimum absolute atomic E-state index is 0.356. The summed E-state index contributed by atoms with van der Waals surface area (Å²) in [7, 11) is 0. The highest BCUT2D eigenvalue weighted by Crippen LogP contribution is 2.25. The van der Waals surface area contributed by atoms with Gasteiger partial charge in [-0.3, -0.25) is 0 Å². The smallest absolute Gasteiger partial charge is 0.111 e. The molecule has 0 radical (unpaired) electrons. The van der Waals surface area contributed by atoms with E-state index in [0.717, 1.165) is 12.8 Å². The number of ether oxygens (including phenoxy) is 1. The van der Waals surface area contributed by atoms with Gasteiger partial charge in [-0.25, -0.2) is 0 Å². The van der Waals surface area contributed by atoms with Crippen molar-refractivity contribution >= 4 is 0 Å². The quantitative estimate of drug-likeness (QED) is 0.534. The molecule has 0 amide bonds. The molecule has 0 aromatic rings. The lowest BCUT2D eigenvalue weighted by atomic mass is 9.90. The molecule has 1 unspecified atom stereocenters. The molecule has 0 aliphatic carbocycles. The van der Waals surface area contributed by atoms with Gasteiger partial charge in [0.2, 0.25) is 0 Å². The van der Waals surface area contributed by atoms with Gasteiger partial charge < -0.3 is 25.2 Å². The highest BCUT2D eigenvalue weighted by molar-refractivity contribution is 4.91. The molecule has 1 aliphatic rings. The fourth-order valence-electron chi connectivity index (χ4n) is 2.07. The van der Waals surface area contributed by atoms with Gasteiger partial charge in [-0.2, -0.15) is 0 Å². The van der Waals surface area contributed by atoms with E-state index in [9.17, 15) is 15.3 Å². The van der Waals surface area contributed by atoms with E-state index in [4.69, 9.17) is 9.84 Å². The summed E-state index contributed by atoms with van der Waals surface area (Å²) in [5.74, 6) is 0.530. The van der Waals surface area contributed by atoms with E-state index in [1.165, 1.54) is 0 Å². The standard InChI is InChI=1S/C12H24O5/c1-3-7(2)4-5-8-10(14)12(16)11(15)9(6-13)17-8/h7-16H,3-6H2,1-2H3/t7?,8-,9-,10+,11+,12-/m1/s1. The van der Waals surface area contributed by atoms with E-state index in [1.54, 1.807) is 0 Å². The third-order valence-corrected chi connectivity index (χ3v) is 3.63. The van der Waals surface area contributed by atoms with Crippen molar-refractivity contribution in [2.45, 2.75) is 63.6 Å². The zero-order chi connectivity index (χ0) is 13.0. The Morgan fingerprint density at radius 1 is 1.06 bits per heavy atom. The molecule has 5 nitrogen and oxygen atoms in total. The summed E-state index contributed by atoms with van der Waals surface area (Å²) in [6, 6.07) is 0. The van der Waals surface area contributed by atoms with Crippen molar-refractivity contribution in [3.63, 3.8) is 0 Å². The van der Waals surface area contributed by atoms with Crippen LogP contribution in [-0.2, 0) is 4.74 Å². The maximum absolute atomic E-state index is 9.79. The van der Waals surface area contributed by atoms with E-state index in [-0.39, 0.29) is 6.61 Å². The summed E-state index contributed by atoms with van der Waals surface area (Å²) in [5, 5.41) is 38.0. The summed E-state index contributed by atoms with van der Waals surface area (Å²) in [5.41, 5.74) is 0.